The second kappa shape index (κ2) is 34.2. The van der Waals surface area contributed by atoms with Crippen LogP contribution in [0.15, 0.2) is 0 Å². The molecular formula is C4H10Cl3OV-3. The summed E-state index contributed by atoms with van der Waals surface area (Å²) in [6.07, 6.45) is 0. The van der Waals surface area contributed by atoms with Crippen molar-refractivity contribution in [2.45, 2.75) is 13.8 Å². The summed E-state index contributed by atoms with van der Waals surface area (Å²) in [5.41, 5.74) is 0. The van der Waals surface area contributed by atoms with Gasteiger partial charge in [-0.05, 0) is 13.8 Å². The van der Waals surface area contributed by atoms with Gasteiger partial charge in [-0.1, -0.05) is 0 Å². The molecule has 0 spiro atoms. The Morgan fingerprint density at radius 1 is 0.889 bits per heavy atom. The average Bonchev–Trinajstić information content (AvgIpc) is 1.41. The Labute approximate surface area is 87.4 Å². The van der Waals surface area contributed by atoms with Crippen LogP contribution >= 0.6 is 0 Å². The predicted molar refractivity (Wildman–Crippen MR) is 22.2 cm³/mol. The Hall–Kier alpha value is 1.41. The molecule has 0 atom stereocenters. The molecule has 0 aliphatic carbocycles. The number of ether oxygens (including phenoxy) is 1. The fourth-order valence-corrected chi connectivity index (χ4v) is 0.204. The van der Waals surface area contributed by atoms with Crippen molar-refractivity contribution in [3.63, 3.8) is 0 Å². The van der Waals surface area contributed by atoms with E-state index < -0.39 is 0 Å². The van der Waals surface area contributed by atoms with E-state index in [9.17, 15) is 0 Å². The van der Waals surface area contributed by atoms with Crippen LogP contribution in [0.3, 0.4) is 0 Å². The third kappa shape index (κ3) is 44.4. The van der Waals surface area contributed by atoms with E-state index in [-0.39, 0.29) is 55.8 Å². The largest absolute Gasteiger partial charge is 1.00 e. The van der Waals surface area contributed by atoms with Crippen LogP contribution in [0.2, 0.25) is 0 Å². The molecule has 0 rings (SSSR count). The fourth-order valence-electron chi connectivity index (χ4n) is 0.204. The molecule has 1 nitrogen and oxygen atoms in total. The zero-order valence-electron chi connectivity index (χ0n) is 5.40. The summed E-state index contributed by atoms with van der Waals surface area (Å²) >= 11 is 0. The minimum Gasteiger partial charge on any atom is -1.00 e. The Morgan fingerprint density at radius 3 is 1.11 bits per heavy atom. The van der Waals surface area contributed by atoms with Crippen LogP contribution in [0.4, 0.5) is 0 Å². The molecule has 0 saturated heterocycles. The first-order valence-corrected chi connectivity index (χ1v) is 1.99. The van der Waals surface area contributed by atoms with Gasteiger partial charge in [0.25, 0.3) is 0 Å². The first-order valence-electron chi connectivity index (χ1n) is 1.99. The number of rotatable bonds is 2. The molecule has 0 fully saturated rings. The molecule has 0 heterocycles. The van der Waals surface area contributed by atoms with Crippen LogP contribution < -0.4 is 37.2 Å². The molecule has 5 heteroatoms. The quantitative estimate of drug-likeness (QED) is 0.459. The van der Waals surface area contributed by atoms with Crippen LogP contribution in [0, 0.1) is 0 Å². The van der Waals surface area contributed by atoms with Crippen molar-refractivity contribution < 1.29 is 60.5 Å². The third-order valence-corrected chi connectivity index (χ3v) is 0.408. The van der Waals surface area contributed by atoms with E-state index in [1.54, 1.807) is 0 Å². The minimum atomic E-state index is 0. The Morgan fingerprint density at radius 2 is 1.11 bits per heavy atom. The summed E-state index contributed by atoms with van der Waals surface area (Å²) in [6.45, 7) is 5.67. The zero-order chi connectivity index (χ0) is 4.12. The van der Waals surface area contributed by atoms with E-state index in [4.69, 9.17) is 4.74 Å². The molecule has 0 amide bonds. The smallest absolute Gasteiger partial charge is 0.0437 e. The van der Waals surface area contributed by atoms with E-state index in [0.717, 1.165) is 13.2 Å². The van der Waals surface area contributed by atoms with Gasteiger partial charge in [-0.25, -0.2) is 0 Å². The Kier molecular flexibility index (Phi) is 120. The molecule has 0 aromatic rings. The van der Waals surface area contributed by atoms with E-state index in [2.05, 4.69) is 0 Å². The molecule has 0 bridgehead atoms. The second-order valence-corrected chi connectivity index (χ2v) is 0.781. The van der Waals surface area contributed by atoms with Gasteiger partial charge in [-0.3, -0.25) is 0 Å². The van der Waals surface area contributed by atoms with Crippen molar-refractivity contribution >= 4 is 0 Å². The minimum absolute atomic E-state index is 0. The van der Waals surface area contributed by atoms with E-state index in [0.29, 0.717) is 0 Å². The molecule has 0 aromatic carbocycles. The number of hydrogen-bond donors (Lipinski definition) is 0. The monoisotopic (exact) mass is 230 g/mol. The van der Waals surface area contributed by atoms with E-state index >= 15 is 0 Å². The first kappa shape index (κ1) is 31.5. The van der Waals surface area contributed by atoms with Crippen molar-refractivity contribution in [2.75, 3.05) is 13.2 Å². The molecular weight excluding hydrogens is 221 g/mol. The molecule has 0 aliphatic rings. The zero-order valence-corrected chi connectivity index (χ0v) is 9.07. The van der Waals surface area contributed by atoms with E-state index in [1.807, 2.05) is 13.8 Å². The molecule has 9 heavy (non-hydrogen) atoms. The average molecular weight is 231 g/mol. The van der Waals surface area contributed by atoms with Gasteiger partial charge in [0.15, 0.2) is 0 Å². The van der Waals surface area contributed by atoms with Crippen LogP contribution in [0.1, 0.15) is 13.8 Å². The first-order chi connectivity index (χ1) is 2.41. The van der Waals surface area contributed by atoms with Gasteiger partial charge < -0.3 is 42.0 Å². The topological polar surface area (TPSA) is 9.23 Å². The van der Waals surface area contributed by atoms with Gasteiger partial charge in [-0.15, -0.1) is 0 Å². The van der Waals surface area contributed by atoms with Crippen LogP contribution in [-0.4, -0.2) is 13.2 Å². The van der Waals surface area contributed by atoms with Gasteiger partial charge in [0.2, 0.25) is 0 Å². The van der Waals surface area contributed by atoms with Crippen molar-refractivity contribution in [1.29, 1.82) is 0 Å². The van der Waals surface area contributed by atoms with Crippen molar-refractivity contribution in [2.24, 2.45) is 0 Å². The van der Waals surface area contributed by atoms with Crippen LogP contribution in [-0.2, 0) is 23.3 Å². The summed E-state index contributed by atoms with van der Waals surface area (Å²) in [5.74, 6) is 0. The molecule has 0 aliphatic heterocycles. The SMILES string of the molecule is CCOCC.[Cl-].[Cl-].[Cl-].[V]. The molecule has 0 N–H and O–H groups in total. The number of halogens is 3. The standard InChI is InChI=1S/C4H10O.3ClH.V/c1-3-5-4-2;;;;/h3-4H2,1-2H3;3*1H;/p-3. The van der Waals surface area contributed by atoms with Crippen LogP contribution in [0.5, 0.6) is 0 Å². The summed E-state index contributed by atoms with van der Waals surface area (Å²) in [4.78, 5) is 0. The van der Waals surface area contributed by atoms with E-state index in [1.165, 1.54) is 0 Å². The molecule has 61 valence electrons. The normalized spacial score (nSPS) is 4.67. The van der Waals surface area contributed by atoms with Gasteiger partial charge in [0.05, 0.1) is 0 Å². The summed E-state index contributed by atoms with van der Waals surface area (Å²) in [7, 11) is 0. The van der Waals surface area contributed by atoms with Gasteiger partial charge in [0, 0.05) is 31.8 Å². The fraction of sp³-hybridized carbons (Fsp3) is 1.00. The second-order valence-electron chi connectivity index (χ2n) is 0.781. The summed E-state index contributed by atoms with van der Waals surface area (Å²) in [5, 5.41) is 0. The maximum atomic E-state index is 4.83. The Balaban J connectivity index is -0.0000000133. The van der Waals surface area contributed by atoms with Gasteiger partial charge in [0.1, 0.15) is 0 Å². The maximum absolute atomic E-state index is 4.83. The van der Waals surface area contributed by atoms with Crippen molar-refractivity contribution in [3.05, 3.63) is 0 Å². The molecule has 0 aromatic heterocycles. The molecule has 0 saturated carbocycles. The maximum Gasteiger partial charge on any atom is 0.0437 e. The van der Waals surface area contributed by atoms with Crippen molar-refractivity contribution in [3.8, 4) is 0 Å². The number of hydrogen-bond acceptors (Lipinski definition) is 1. The summed E-state index contributed by atoms with van der Waals surface area (Å²) in [6, 6.07) is 0. The van der Waals surface area contributed by atoms with Crippen LogP contribution in [0.25, 0.3) is 0 Å². The molecule has 0 unspecified atom stereocenters. The third-order valence-electron chi connectivity index (χ3n) is 0.408. The Bertz CT molecular complexity index is 23.3. The molecule has 1 radical (unpaired) electrons. The predicted octanol–water partition coefficient (Wildman–Crippen LogP) is -7.95. The van der Waals surface area contributed by atoms with Gasteiger partial charge in [-0.2, -0.15) is 0 Å². The summed E-state index contributed by atoms with van der Waals surface area (Å²) < 4.78 is 4.83. The van der Waals surface area contributed by atoms with Crippen molar-refractivity contribution in [1.82, 2.24) is 0 Å². The van der Waals surface area contributed by atoms with Gasteiger partial charge >= 0.3 is 0 Å².